The Morgan fingerprint density at radius 2 is 2.03 bits per heavy atom. The number of fused-ring (bicyclic) bond motifs is 1. The van der Waals surface area contributed by atoms with E-state index < -0.39 is 0 Å². The summed E-state index contributed by atoms with van der Waals surface area (Å²) in [5.74, 6) is 0.206. The van der Waals surface area contributed by atoms with E-state index in [1.54, 1.807) is 16.7 Å². The van der Waals surface area contributed by atoms with Gasteiger partial charge in [-0.05, 0) is 37.1 Å². The monoisotopic (exact) mass is 466 g/mol. The maximum atomic E-state index is 13.1. The Morgan fingerprint density at radius 3 is 2.84 bits per heavy atom. The van der Waals surface area contributed by atoms with E-state index in [0.717, 1.165) is 17.7 Å². The quantitative estimate of drug-likeness (QED) is 0.397. The zero-order valence-electron chi connectivity index (χ0n) is 17.3. The third-order valence-corrected chi connectivity index (χ3v) is 6.94. The third kappa shape index (κ3) is 5.33. The van der Waals surface area contributed by atoms with Gasteiger partial charge in [0.2, 0.25) is 5.91 Å². The van der Waals surface area contributed by atoms with Gasteiger partial charge in [-0.3, -0.25) is 14.2 Å². The normalized spacial score (nSPS) is 15.5. The summed E-state index contributed by atoms with van der Waals surface area (Å²) in [6.07, 6.45) is 1.86. The van der Waals surface area contributed by atoms with Crippen LogP contribution in [-0.2, 0) is 16.1 Å². The van der Waals surface area contributed by atoms with Crippen LogP contribution in [-0.4, -0.2) is 39.7 Å². The largest absolute Gasteiger partial charge is 0.376 e. The number of ether oxygens (including phenoxy) is 1. The van der Waals surface area contributed by atoms with Crippen LogP contribution in [0, 0.1) is 11.3 Å². The van der Waals surface area contributed by atoms with E-state index in [1.807, 2.05) is 36.4 Å². The molecule has 1 aromatic heterocycles. The van der Waals surface area contributed by atoms with Gasteiger partial charge in [0, 0.05) is 11.5 Å². The van der Waals surface area contributed by atoms with Crippen LogP contribution in [0.1, 0.15) is 12.8 Å². The first-order chi connectivity index (χ1) is 15.7. The molecule has 7 nitrogen and oxygen atoms in total. The molecule has 4 rings (SSSR count). The highest BCUT2D eigenvalue weighted by Gasteiger charge is 2.20. The molecule has 1 aliphatic rings. The number of hydrogen-bond donors (Lipinski definition) is 1. The molecule has 3 aromatic rings. The second-order valence-electron chi connectivity index (χ2n) is 7.24. The molecule has 0 bridgehead atoms. The molecular formula is C23H22N4O3S2. The van der Waals surface area contributed by atoms with Gasteiger partial charge >= 0.3 is 0 Å². The van der Waals surface area contributed by atoms with Crippen LogP contribution < -0.4 is 10.9 Å². The van der Waals surface area contributed by atoms with Crippen LogP contribution in [0.3, 0.4) is 0 Å². The summed E-state index contributed by atoms with van der Waals surface area (Å²) < 4.78 is 7.36. The molecule has 9 heteroatoms. The van der Waals surface area contributed by atoms with Crippen molar-refractivity contribution in [1.82, 2.24) is 9.55 Å². The molecule has 1 fully saturated rings. The minimum absolute atomic E-state index is 0.0205. The van der Waals surface area contributed by atoms with Gasteiger partial charge in [0.05, 0.1) is 46.8 Å². The van der Waals surface area contributed by atoms with Gasteiger partial charge < -0.3 is 10.1 Å². The topological polar surface area (TPSA) is 97.0 Å². The molecule has 2 aromatic carbocycles. The number of amides is 1. The lowest BCUT2D eigenvalue weighted by atomic mass is 10.2. The summed E-state index contributed by atoms with van der Waals surface area (Å²) in [5.41, 5.74) is 1.16. The van der Waals surface area contributed by atoms with E-state index in [1.165, 1.54) is 23.5 Å². The van der Waals surface area contributed by atoms with Crippen molar-refractivity contribution in [2.45, 2.75) is 35.5 Å². The van der Waals surface area contributed by atoms with Crippen LogP contribution in [0.25, 0.3) is 10.9 Å². The highest BCUT2D eigenvalue weighted by molar-refractivity contribution is 8.00. The van der Waals surface area contributed by atoms with Crippen LogP contribution >= 0.6 is 23.5 Å². The second-order valence-corrected chi connectivity index (χ2v) is 9.20. The van der Waals surface area contributed by atoms with Crippen LogP contribution in [0.15, 0.2) is 63.4 Å². The highest BCUT2D eigenvalue weighted by atomic mass is 32.2. The molecule has 1 amide bonds. The molecule has 164 valence electrons. The van der Waals surface area contributed by atoms with E-state index in [4.69, 9.17) is 10.00 Å². The van der Waals surface area contributed by atoms with Gasteiger partial charge in [-0.25, -0.2) is 4.98 Å². The number of nitrogens with one attached hydrogen (secondary N) is 1. The second kappa shape index (κ2) is 10.7. The molecule has 1 saturated heterocycles. The Kier molecular flexibility index (Phi) is 7.47. The van der Waals surface area contributed by atoms with Crippen molar-refractivity contribution < 1.29 is 9.53 Å². The van der Waals surface area contributed by atoms with Gasteiger partial charge in [0.25, 0.3) is 5.56 Å². The predicted molar refractivity (Wildman–Crippen MR) is 127 cm³/mol. The van der Waals surface area contributed by atoms with E-state index in [0.29, 0.717) is 40.7 Å². The molecule has 0 aliphatic carbocycles. The maximum Gasteiger partial charge on any atom is 0.262 e. The van der Waals surface area contributed by atoms with Gasteiger partial charge in [-0.1, -0.05) is 36.0 Å². The van der Waals surface area contributed by atoms with Crippen molar-refractivity contribution in [2.24, 2.45) is 0 Å². The zero-order chi connectivity index (χ0) is 22.3. The number of anilines is 1. The summed E-state index contributed by atoms with van der Waals surface area (Å²) in [6.45, 7) is 1.13. The summed E-state index contributed by atoms with van der Waals surface area (Å²) in [6, 6.07) is 16.7. The van der Waals surface area contributed by atoms with Crippen molar-refractivity contribution in [1.29, 1.82) is 5.26 Å². The van der Waals surface area contributed by atoms with Crippen molar-refractivity contribution in [2.75, 3.05) is 23.4 Å². The van der Waals surface area contributed by atoms with E-state index in [9.17, 15) is 9.59 Å². The molecule has 0 spiro atoms. The molecule has 1 aliphatic heterocycles. The molecular weight excluding hydrogens is 444 g/mol. The minimum Gasteiger partial charge on any atom is -0.376 e. The maximum absolute atomic E-state index is 13.1. The molecule has 1 unspecified atom stereocenters. The Hall–Kier alpha value is -2.80. The Morgan fingerprint density at radius 1 is 1.22 bits per heavy atom. The standard InChI is InChI=1S/C23H22N4O3S2/c24-11-13-31-20-10-4-3-9-19(20)25-21(28)15-32-23-26-18-8-2-1-7-17(18)22(29)27(23)14-16-6-5-12-30-16/h1-4,7-10,16H,5-6,12-15H2,(H,25,28). The number of nitrogens with zero attached hydrogens (tertiary/aromatic N) is 3. The highest BCUT2D eigenvalue weighted by Crippen LogP contribution is 2.27. The number of rotatable bonds is 8. The van der Waals surface area contributed by atoms with Gasteiger partial charge in [-0.15, -0.1) is 11.8 Å². The fourth-order valence-electron chi connectivity index (χ4n) is 3.53. The van der Waals surface area contributed by atoms with Crippen LogP contribution in [0.5, 0.6) is 0 Å². The lowest BCUT2D eigenvalue weighted by Crippen LogP contribution is -2.29. The molecule has 0 saturated carbocycles. The summed E-state index contributed by atoms with van der Waals surface area (Å²) in [5, 5.41) is 12.8. The van der Waals surface area contributed by atoms with Gasteiger partial charge in [-0.2, -0.15) is 5.26 Å². The number of carbonyl (C=O) groups excluding carboxylic acids is 1. The zero-order valence-corrected chi connectivity index (χ0v) is 19.0. The van der Waals surface area contributed by atoms with Crippen molar-refractivity contribution in [3.8, 4) is 6.07 Å². The predicted octanol–water partition coefficient (Wildman–Crippen LogP) is 3.92. The SMILES string of the molecule is N#CCSc1ccccc1NC(=O)CSc1nc2ccccc2c(=O)n1CC1CCCO1. The first-order valence-corrected chi connectivity index (χ1v) is 12.3. The first-order valence-electron chi connectivity index (χ1n) is 10.3. The number of para-hydroxylation sites is 2. The van der Waals surface area contributed by atoms with Crippen molar-refractivity contribution in [3.63, 3.8) is 0 Å². The summed E-state index contributed by atoms with van der Waals surface area (Å²) in [4.78, 5) is 31.3. The molecule has 2 heterocycles. The van der Waals surface area contributed by atoms with Gasteiger partial charge in [0.1, 0.15) is 0 Å². The van der Waals surface area contributed by atoms with Crippen molar-refractivity contribution >= 4 is 46.0 Å². The smallest absolute Gasteiger partial charge is 0.262 e. The number of nitriles is 1. The fourth-order valence-corrected chi connectivity index (χ4v) is 5.01. The average molecular weight is 467 g/mol. The number of aromatic nitrogens is 2. The molecule has 1 atom stereocenters. The average Bonchev–Trinajstić information content (AvgIpc) is 3.32. The lowest BCUT2D eigenvalue weighted by molar-refractivity contribution is -0.113. The summed E-state index contributed by atoms with van der Waals surface area (Å²) in [7, 11) is 0. The first kappa shape index (κ1) is 22.4. The van der Waals surface area contributed by atoms with E-state index in [2.05, 4.69) is 16.4 Å². The number of hydrogen-bond acceptors (Lipinski definition) is 7. The van der Waals surface area contributed by atoms with Crippen LogP contribution in [0.2, 0.25) is 0 Å². The molecule has 32 heavy (non-hydrogen) atoms. The number of thioether (sulfide) groups is 2. The lowest BCUT2D eigenvalue weighted by Gasteiger charge is -2.16. The summed E-state index contributed by atoms with van der Waals surface area (Å²) >= 11 is 2.61. The minimum atomic E-state index is -0.203. The Bertz CT molecular complexity index is 1220. The molecule has 1 N–H and O–H groups in total. The number of benzene rings is 2. The van der Waals surface area contributed by atoms with Crippen LogP contribution in [0.4, 0.5) is 5.69 Å². The Balaban J connectivity index is 1.53. The van der Waals surface area contributed by atoms with E-state index >= 15 is 0 Å². The van der Waals surface area contributed by atoms with Crippen molar-refractivity contribution in [3.05, 3.63) is 58.9 Å². The number of carbonyl (C=O) groups is 1. The fraction of sp³-hybridized carbons (Fsp3) is 0.304. The Labute approximate surface area is 194 Å². The third-order valence-electron chi connectivity index (χ3n) is 5.02. The molecule has 0 radical (unpaired) electrons. The van der Waals surface area contributed by atoms with E-state index in [-0.39, 0.29) is 23.3 Å². The van der Waals surface area contributed by atoms with Gasteiger partial charge in [0.15, 0.2) is 5.16 Å².